The summed E-state index contributed by atoms with van der Waals surface area (Å²) in [4.78, 5) is 0. The van der Waals surface area contributed by atoms with Crippen LogP contribution < -0.4 is 10.5 Å². The van der Waals surface area contributed by atoms with Gasteiger partial charge in [0.2, 0.25) is 0 Å². The Kier molecular flexibility index (Phi) is 4.75. The highest BCUT2D eigenvalue weighted by molar-refractivity contribution is 7.99. The summed E-state index contributed by atoms with van der Waals surface area (Å²) in [5.74, 6) is 3.18. The van der Waals surface area contributed by atoms with Gasteiger partial charge in [-0.1, -0.05) is 13.0 Å². The number of aryl methyl sites for hydroxylation is 1. The zero-order valence-corrected chi connectivity index (χ0v) is 11.3. The molecule has 0 saturated carbocycles. The maximum Gasteiger partial charge on any atom is 0.119 e. The number of rotatable bonds is 5. The minimum Gasteiger partial charge on any atom is -0.493 e. The highest BCUT2D eigenvalue weighted by Crippen LogP contribution is 2.30. The quantitative estimate of drug-likeness (QED) is 0.816. The molecule has 1 aliphatic rings. The van der Waals surface area contributed by atoms with Gasteiger partial charge < -0.3 is 10.5 Å². The predicted octanol–water partition coefficient (Wildman–Crippen LogP) is 3.15. The molecule has 0 aliphatic heterocycles. The highest BCUT2D eigenvalue weighted by Gasteiger charge is 2.17. The van der Waals surface area contributed by atoms with Crippen molar-refractivity contribution in [3.05, 3.63) is 29.3 Å². The molecule has 3 heteroatoms. The van der Waals surface area contributed by atoms with Gasteiger partial charge in [-0.05, 0) is 48.3 Å². The van der Waals surface area contributed by atoms with E-state index < -0.39 is 0 Å². The molecule has 0 amide bonds. The topological polar surface area (TPSA) is 35.2 Å². The van der Waals surface area contributed by atoms with Crippen LogP contribution in [0.2, 0.25) is 0 Å². The van der Waals surface area contributed by atoms with E-state index in [2.05, 4.69) is 25.1 Å². The molecule has 17 heavy (non-hydrogen) atoms. The lowest BCUT2D eigenvalue weighted by Crippen LogP contribution is -2.17. The summed E-state index contributed by atoms with van der Waals surface area (Å²) < 4.78 is 5.75. The fraction of sp³-hybridized carbons (Fsp3) is 0.571. The van der Waals surface area contributed by atoms with E-state index in [1.165, 1.54) is 17.5 Å². The zero-order chi connectivity index (χ0) is 12.1. The third-order valence-corrected chi connectivity index (χ3v) is 4.04. The number of fused-ring (bicyclic) bond motifs is 1. The minimum atomic E-state index is 0.201. The first kappa shape index (κ1) is 12.8. The number of hydrogen-bond donors (Lipinski definition) is 1. The second-order valence-corrected chi connectivity index (χ2v) is 5.80. The van der Waals surface area contributed by atoms with Crippen molar-refractivity contribution < 1.29 is 4.74 Å². The van der Waals surface area contributed by atoms with Crippen LogP contribution in [-0.4, -0.2) is 18.1 Å². The van der Waals surface area contributed by atoms with Crippen LogP contribution in [0.5, 0.6) is 5.75 Å². The summed E-state index contributed by atoms with van der Waals surface area (Å²) in [7, 11) is 0. The van der Waals surface area contributed by atoms with Gasteiger partial charge in [0.1, 0.15) is 5.75 Å². The molecule has 1 atom stereocenters. The molecular formula is C14H21NOS. The molecular weight excluding hydrogens is 230 g/mol. The van der Waals surface area contributed by atoms with Crippen molar-refractivity contribution in [3.63, 3.8) is 0 Å². The molecule has 0 unspecified atom stereocenters. The Labute approximate surface area is 108 Å². The summed E-state index contributed by atoms with van der Waals surface area (Å²) in [6.45, 7) is 2.95. The number of hydrogen-bond acceptors (Lipinski definition) is 3. The third-order valence-electron chi connectivity index (χ3n) is 3.18. The summed E-state index contributed by atoms with van der Waals surface area (Å²) in [5.41, 5.74) is 8.82. The van der Waals surface area contributed by atoms with Crippen LogP contribution in [0.3, 0.4) is 0 Å². The van der Waals surface area contributed by atoms with Crippen molar-refractivity contribution >= 4 is 11.8 Å². The first-order valence-electron chi connectivity index (χ1n) is 6.40. The maximum absolute atomic E-state index is 6.13. The van der Waals surface area contributed by atoms with Crippen molar-refractivity contribution in [2.75, 3.05) is 18.1 Å². The van der Waals surface area contributed by atoms with Crippen LogP contribution in [0.15, 0.2) is 18.2 Å². The molecule has 0 aromatic heterocycles. The van der Waals surface area contributed by atoms with Gasteiger partial charge in [-0.2, -0.15) is 11.8 Å². The van der Waals surface area contributed by atoms with Gasteiger partial charge in [0.05, 0.1) is 6.61 Å². The standard InChI is InChI=1S/C14H21NOS/c1-2-17-9-8-16-12-7-6-11-4-3-5-14(15)13(11)10-12/h6-7,10,14H,2-5,8-9,15H2,1H3/t14-/m0/s1. The molecule has 1 aromatic rings. The molecule has 94 valence electrons. The number of nitrogens with two attached hydrogens (primary N) is 1. The Morgan fingerprint density at radius 1 is 1.47 bits per heavy atom. The van der Waals surface area contributed by atoms with Gasteiger partial charge in [0.15, 0.2) is 0 Å². The van der Waals surface area contributed by atoms with Crippen LogP contribution in [0.4, 0.5) is 0 Å². The average Bonchev–Trinajstić information content (AvgIpc) is 2.36. The third kappa shape index (κ3) is 3.39. The average molecular weight is 251 g/mol. The van der Waals surface area contributed by atoms with Gasteiger partial charge >= 0.3 is 0 Å². The van der Waals surface area contributed by atoms with Crippen LogP contribution >= 0.6 is 11.8 Å². The number of ether oxygens (including phenoxy) is 1. The summed E-state index contributed by atoms with van der Waals surface area (Å²) >= 11 is 1.91. The monoisotopic (exact) mass is 251 g/mol. The van der Waals surface area contributed by atoms with E-state index in [4.69, 9.17) is 10.5 Å². The van der Waals surface area contributed by atoms with Gasteiger partial charge in [0.25, 0.3) is 0 Å². The van der Waals surface area contributed by atoms with Crippen molar-refractivity contribution in [1.29, 1.82) is 0 Å². The van der Waals surface area contributed by atoms with Crippen LogP contribution in [-0.2, 0) is 6.42 Å². The fourth-order valence-electron chi connectivity index (χ4n) is 2.27. The van der Waals surface area contributed by atoms with Gasteiger partial charge in [-0.15, -0.1) is 0 Å². The Morgan fingerprint density at radius 2 is 2.35 bits per heavy atom. The van der Waals surface area contributed by atoms with E-state index >= 15 is 0 Å². The van der Waals surface area contributed by atoms with E-state index in [0.29, 0.717) is 0 Å². The lowest BCUT2D eigenvalue weighted by molar-refractivity contribution is 0.342. The van der Waals surface area contributed by atoms with Crippen molar-refractivity contribution in [2.45, 2.75) is 32.2 Å². The molecule has 1 aromatic carbocycles. The van der Waals surface area contributed by atoms with E-state index in [-0.39, 0.29) is 6.04 Å². The van der Waals surface area contributed by atoms with Crippen LogP contribution in [0.1, 0.15) is 36.9 Å². The Bertz CT molecular complexity index is 367. The van der Waals surface area contributed by atoms with Gasteiger partial charge in [-0.3, -0.25) is 0 Å². The van der Waals surface area contributed by atoms with Crippen molar-refractivity contribution in [1.82, 2.24) is 0 Å². The SMILES string of the molecule is CCSCCOc1ccc2c(c1)[C@@H](N)CCC2. The first-order valence-corrected chi connectivity index (χ1v) is 7.55. The molecule has 1 aliphatic carbocycles. The van der Waals surface area contributed by atoms with Gasteiger partial charge in [0, 0.05) is 11.8 Å². The molecule has 0 heterocycles. The lowest BCUT2D eigenvalue weighted by Gasteiger charge is -2.22. The normalized spacial score (nSPS) is 18.8. The maximum atomic E-state index is 6.13. The molecule has 0 bridgehead atoms. The number of benzene rings is 1. The Balaban J connectivity index is 1.97. The summed E-state index contributed by atoms with van der Waals surface area (Å²) in [6, 6.07) is 6.59. The van der Waals surface area contributed by atoms with Crippen molar-refractivity contribution in [2.24, 2.45) is 5.73 Å². The van der Waals surface area contributed by atoms with E-state index in [9.17, 15) is 0 Å². The Morgan fingerprint density at radius 3 is 3.18 bits per heavy atom. The molecule has 2 N–H and O–H groups in total. The second kappa shape index (κ2) is 6.31. The fourth-order valence-corrected chi connectivity index (χ4v) is 2.76. The van der Waals surface area contributed by atoms with Crippen LogP contribution in [0, 0.1) is 0 Å². The predicted molar refractivity (Wildman–Crippen MR) is 74.8 cm³/mol. The minimum absolute atomic E-state index is 0.201. The molecule has 2 rings (SSSR count). The van der Waals surface area contributed by atoms with Gasteiger partial charge in [-0.25, -0.2) is 0 Å². The molecule has 2 nitrogen and oxygen atoms in total. The van der Waals surface area contributed by atoms with E-state index in [1.807, 2.05) is 11.8 Å². The van der Waals surface area contributed by atoms with E-state index in [1.54, 1.807) is 0 Å². The molecule has 0 radical (unpaired) electrons. The highest BCUT2D eigenvalue weighted by atomic mass is 32.2. The van der Waals surface area contributed by atoms with Crippen molar-refractivity contribution in [3.8, 4) is 5.75 Å². The largest absolute Gasteiger partial charge is 0.493 e. The summed E-state index contributed by atoms with van der Waals surface area (Å²) in [6.07, 6.45) is 3.47. The number of thioether (sulfide) groups is 1. The lowest BCUT2D eigenvalue weighted by atomic mass is 9.88. The van der Waals surface area contributed by atoms with Crippen LogP contribution in [0.25, 0.3) is 0 Å². The zero-order valence-electron chi connectivity index (χ0n) is 10.4. The Hall–Kier alpha value is -0.670. The van der Waals surface area contributed by atoms with E-state index in [0.717, 1.165) is 36.7 Å². The second-order valence-electron chi connectivity index (χ2n) is 4.40. The summed E-state index contributed by atoms with van der Waals surface area (Å²) in [5, 5.41) is 0. The molecule has 0 spiro atoms. The first-order chi connectivity index (χ1) is 8.31. The smallest absolute Gasteiger partial charge is 0.119 e. The molecule has 0 saturated heterocycles. The molecule has 0 fully saturated rings.